The summed E-state index contributed by atoms with van der Waals surface area (Å²) in [5.74, 6) is 1.60. The van der Waals surface area contributed by atoms with Crippen LogP contribution in [0.25, 0.3) is 17.0 Å². The zero-order chi connectivity index (χ0) is 18.0. The van der Waals surface area contributed by atoms with Gasteiger partial charge in [-0.25, -0.2) is 4.98 Å². The van der Waals surface area contributed by atoms with E-state index < -0.39 is 0 Å². The average Bonchev–Trinajstić information content (AvgIpc) is 2.91. The fraction of sp³-hybridized carbons (Fsp3) is 0.353. The van der Waals surface area contributed by atoms with Gasteiger partial charge >= 0.3 is 0 Å². The first-order valence-electron chi connectivity index (χ1n) is 8.36. The smallest absolute Gasteiger partial charge is 0.180 e. The van der Waals surface area contributed by atoms with E-state index in [1.54, 1.807) is 22.0 Å². The molecule has 0 spiro atoms. The van der Waals surface area contributed by atoms with E-state index in [4.69, 9.17) is 21.8 Å². The van der Waals surface area contributed by atoms with Crippen molar-refractivity contribution in [3.8, 4) is 11.4 Å². The molecule has 9 heteroatoms. The number of hydrogen-bond donors (Lipinski definition) is 0. The maximum atomic E-state index is 6.02. The molecule has 7 nitrogen and oxygen atoms in total. The summed E-state index contributed by atoms with van der Waals surface area (Å²) in [6.45, 7) is 3.92. The van der Waals surface area contributed by atoms with Crippen LogP contribution in [0.15, 0.2) is 18.3 Å². The predicted octanol–water partition coefficient (Wildman–Crippen LogP) is 3.52. The van der Waals surface area contributed by atoms with Gasteiger partial charge in [0.1, 0.15) is 10.0 Å². The number of fused-ring (bicyclic) bond motifs is 1. The summed E-state index contributed by atoms with van der Waals surface area (Å²) in [7, 11) is 1.96. The van der Waals surface area contributed by atoms with Crippen LogP contribution in [0.2, 0.25) is 4.34 Å². The minimum absolute atomic E-state index is 0.402. The van der Waals surface area contributed by atoms with Crippen molar-refractivity contribution in [3.05, 3.63) is 44.8 Å². The SMILES string of the molecule is Cc1cc(-c2cc(C3CC3c3ncc(Cl)s3)nn2C)nn2c(C)nnc12. The Morgan fingerprint density at radius 1 is 1.15 bits per heavy atom. The molecule has 1 saturated carbocycles. The lowest BCUT2D eigenvalue weighted by atomic mass is 10.2. The fourth-order valence-corrected chi connectivity index (χ4v) is 4.51. The molecule has 4 aromatic heterocycles. The Kier molecular flexibility index (Phi) is 3.42. The molecule has 1 fully saturated rings. The van der Waals surface area contributed by atoms with Gasteiger partial charge in [0, 0.05) is 18.9 Å². The van der Waals surface area contributed by atoms with Crippen molar-refractivity contribution < 1.29 is 0 Å². The Morgan fingerprint density at radius 3 is 2.77 bits per heavy atom. The second kappa shape index (κ2) is 5.59. The third-order valence-corrected chi connectivity index (χ3v) is 6.10. The Bertz CT molecular complexity index is 1140. The maximum Gasteiger partial charge on any atom is 0.180 e. The zero-order valence-electron chi connectivity index (χ0n) is 14.5. The lowest BCUT2D eigenvalue weighted by Crippen LogP contribution is -2.02. The van der Waals surface area contributed by atoms with Gasteiger partial charge in [0.15, 0.2) is 11.5 Å². The van der Waals surface area contributed by atoms with Gasteiger partial charge in [0.2, 0.25) is 0 Å². The van der Waals surface area contributed by atoms with Crippen molar-refractivity contribution >= 4 is 28.6 Å². The summed E-state index contributed by atoms with van der Waals surface area (Å²) in [6, 6.07) is 4.17. The van der Waals surface area contributed by atoms with Crippen LogP contribution in [0.3, 0.4) is 0 Å². The van der Waals surface area contributed by atoms with Crippen molar-refractivity contribution in [3.63, 3.8) is 0 Å². The van der Waals surface area contributed by atoms with Crippen molar-refractivity contribution in [2.45, 2.75) is 32.1 Å². The van der Waals surface area contributed by atoms with Crippen molar-refractivity contribution in [1.82, 2.24) is 34.6 Å². The van der Waals surface area contributed by atoms with Gasteiger partial charge in [-0.2, -0.15) is 14.7 Å². The van der Waals surface area contributed by atoms with Gasteiger partial charge in [-0.15, -0.1) is 21.5 Å². The zero-order valence-corrected chi connectivity index (χ0v) is 16.1. The Balaban J connectivity index is 1.51. The number of hydrogen-bond acceptors (Lipinski definition) is 6. The number of halogens is 1. The molecule has 0 N–H and O–H groups in total. The first-order valence-corrected chi connectivity index (χ1v) is 9.56. The van der Waals surface area contributed by atoms with E-state index in [0.717, 1.165) is 49.9 Å². The van der Waals surface area contributed by atoms with E-state index in [9.17, 15) is 0 Å². The standard InChI is InChI=1S/C17H16ClN7S/c1-8-4-13(23-25-9(2)20-21-16(8)25)14-6-12(22-24(14)3)10-5-11(10)17-19-7-15(18)26-17/h4,6-7,10-11H,5H2,1-3H3. The maximum absolute atomic E-state index is 6.02. The van der Waals surface area contributed by atoms with Gasteiger partial charge < -0.3 is 0 Å². The molecule has 26 heavy (non-hydrogen) atoms. The lowest BCUT2D eigenvalue weighted by molar-refractivity contribution is 0.741. The molecule has 0 bridgehead atoms. The number of thiazole rings is 1. The monoisotopic (exact) mass is 385 g/mol. The highest BCUT2D eigenvalue weighted by molar-refractivity contribution is 7.15. The van der Waals surface area contributed by atoms with E-state index in [1.165, 1.54) is 0 Å². The first kappa shape index (κ1) is 15.9. The van der Waals surface area contributed by atoms with Gasteiger partial charge in [-0.1, -0.05) is 11.6 Å². The predicted molar refractivity (Wildman–Crippen MR) is 99.7 cm³/mol. The van der Waals surface area contributed by atoms with Crippen LogP contribution in [-0.2, 0) is 7.05 Å². The molecule has 132 valence electrons. The minimum Gasteiger partial charge on any atom is -0.266 e. The molecule has 4 heterocycles. The molecule has 1 aliphatic carbocycles. The van der Waals surface area contributed by atoms with Crippen molar-refractivity contribution in [2.24, 2.45) is 7.05 Å². The normalized spacial score (nSPS) is 19.4. The minimum atomic E-state index is 0.402. The molecular weight excluding hydrogens is 370 g/mol. The highest BCUT2D eigenvalue weighted by Crippen LogP contribution is 2.55. The summed E-state index contributed by atoms with van der Waals surface area (Å²) < 4.78 is 4.42. The number of aromatic nitrogens is 7. The van der Waals surface area contributed by atoms with Gasteiger partial charge in [0.05, 0.1) is 22.6 Å². The summed E-state index contributed by atoms with van der Waals surface area (Å²) in [5, 5.41) is 18.8. The quantitative estimate of drug-likeness (QED) is 0.539. The number of aryl methyl sites for hydroxylation is 3. The topological polar surface area (TPSA) is 73.8 Å². The van der Waals surface area contributed by atoms with Crippen LogP contribution >= 0.6 is 22.9 Å². The van der Waals surface area contributed by atoms with Crippen LogP contribution < -0.4 is 0 Å². The van der Waals surface area contributed by atoms with Gasteiger partial charge in [-0.05, 0) is 38.0 Å². The summed E-state index contributed by atoms with van der Waals surface area (Å²) >= 11 is 7.58. The molecule has 5 rings (SSSR count). The Morgan fingerprint density at radius 2 is 2.00 bits per heavy atom. The van der Waals surface area contributed by atoms with Crippen LogP contribution in [0.4, 0.5) is 0 Å². The van der Waals surface area contributed by atoms with Gasteiger partial charge in [0.25, 0.3) is 0 Å². The molecular formula is C17H16ClN7S. The molecule has 2 unspecified atom stereocenters. The molecule has 0 amide bonds. The van der Waals surface area contributed by atoms with E-state index in [0.29, 0.717) is 11.8 Å². The Hall–Kier alpha value is -2.32. The highest BCUT2D eigenvalue weighted by Gasteiger charge is 2.43. The van der Waals surface area contributed by atoms with E-state index in [1.807, 2.05) is 31.6 Å². The molecule has 1 aliphatic rings. The lowest BCUT2D eigenvalue weighted by Gasteiger charge is -2.04. The average molecular weight is 386 g/mol. The van der Waals surface area contributed by atoms with Crippen LogP contribution in [0, 0.1) is 13.8 Å². The summed E-state index contributed by atoms with van der Waals surface area (Å²) in [6.07, 6.45) is 2.79. The summed E-state index contributed by atoms with van der Waals surface area (Å²) in [4.78, 5) is 4.41. The molecule has 2 atom stereocenters. The molecule has 0 radical (unpaired) electrons. The molecule has 0 aliphatic heterocycles. The second-order valence-corrected chi connectivity index (χ2v) is 8.42. The first-order chi connectivity index (χ1) is 12.5. The van der Waals surface area contributed by atoms with E-state index in [2.05, 4.69) is 21.2 Å². The largest absolute Gasteiger partial charge is 0.266 e. The van der Waals surface area contributed by atoms with Crippen molar-refractivity contribution in [1.29, 1.82) is 0 Å². The van der Waals surface area contributed by atoms with Crippen LogP contribution in [-0.4, -0.2) is 34.6 Å². The van der Waals surface area contributed by atoms with E-state index >= 15 is 0 Å². The Labute approximate surface area is 158 Å². The van der Waals surface area contributed by atoms with Gasteiger partial charge in [-0.3, -0.25) is 4.68 Å². The molecule has 0 saturated heterocycles. The third-order valence-electron chi connectivity index (χ3n) is 4.85. The fourth-order valence-electron chi connectivity index (χ4n) is 3.40. The third kappa shape index (κ3) is 2.44. The van der Waals surface area contributed by atoms with Crippen molar-refractivity contribution in [2.75, 3.05) is 0 Å². The number of rotatable bonds is 3. The summed E-state index contributed by atoms with van der Waals surface area (Å²) in [5.41, 5.74) is 4.77. The highest BCUT2D eigenvalue weighted by atomic mass is 35.5. The second-order valence-electron chi connectivity index (χ2n) is 6.72. The molecule has 0 aromatic carbocycles. The van der Waals surface area contributed by atoms with Crippen LogP contribution in [0.5, 0.6) is 0 Å². The molecule has 4 aromatic rings. The van der Waals surface area contributed by atoms with E-state index in [-0.39, 0.29) is 0 Å². The number of nitrogens with zero attached hydrogens (tertiary/aromatic N) is 7. The van der Waals surface area contributed by atoms with Crippen LogP contribution in [0.1, 0.15) is 40.3 Å².